The van der Waals surface area contributed by atoms with Gasteiger partial charge in [-0.1, -0.05) is 12.6 Å². The van der Waals surface area contributed by atoms with Crippen LogP contribution in [0.3, 0.4) is 0 Å². The molecule has 1 aromatic heterocycles. The third kappa shape index (κ3) is 2.98. The first kappa shape index (κ1) is 20.0. The Morgan fingerprint density at radius 1 is 1.31 bits per heavy atom. The number of amides is 3. The number of nitrogens with one attached hydrogen (secondary N) is 1. The second-order valence-corrected chi connectivity index (χ2v) is 8.37. The molecule has 1 fully saturated rings. The van der Waals surface area contributed by atoms with E-state index < -0.39 is 5.91 Å². The molecule has 2 aliphatic heterocycles. The number of carbonyl (C=O) groups excluding carboxylic acids is 3. The Balaban J connectivity index is 1.58. The topological polar surface area (TPSA) is 112 Å². The van der Waals surface area contributed by atoms with E-state index in [4.69, 9.17) is 5.73 Å². The summed E-state index contributed by atoms with van der Waals surface area (Å²) in [5.74, 6) is -0.843. The van der Waals surface area contributed by atoms with Gasteiger partial charge in [0.05, 0.1) is 17.8 Å². The second-order valence-electron chi connectivity index (χ2n) is 8.37. The van der Waals surface area contributed by atoms with Crippen molar-refractivity contribution in [1.82, 2.24) is 20.0 Å². The summed E-state index contributed by atoms with van der Waals surface area (Å²) < 4.78 is 0. The number of hydrogen-bond donors (Lipinski definition) is 2. The van der Waals surface area contributed by atoms with Crippen LogP contribution >= 0.6 is 0 Å². The van der Waals surface area contributed by atoms with Crippen LogP contribution in [0.1, 0.15) is 38.3 Å². The van der Waals surface area contributed by atoms with Gasteiger partial charge in [-0.25, -0.2) is 0 Å². The third-order valence-corrected chi connectivity index (χ3v) is 6.55. The Hall–Kier alpha value is -3.94. The summed E-state index contributed by atoms with van der Waals surface area (Å²) in [7, 11) is 0. The molecule has 0 aliphatic carbocycles. The molecule has 2 aliphatic rings. The standard InChI is InChI=1S/C24H23N5O3/c1-3-21(30)28-7-6-15(11-28)29-12-19-16(23(25)31)8-14(9-17(19)24(29)32)22-13(2)4-5-20-18(22)10-26-27-20/h3-5,8-10,15H,1,6-7,11-12H2,2H3,(H2,25,31)(H,26,27). The number of hydrogen-bond acceptors (Lipinski definition) is 4. The molecular weight excluding hydrogens is 406 g/mol. The molecule has 3 N–H and O–H groups in total. The lowest BCUT2D eigenvalue weighted by atomic mass is 9.91. The van der Waals surface area contributed by atoms with E-state index in [0.29, 0.717) is 42.7 Å². The molecule has 5 rings (SSSR count). The van der Waals surface area contributed by atoms with E-state index in [1.54, 1.807) is 22.1 Å². The monoisotopic (exact) mass is 429 g/mol. The number of rotatable bonds is 4. The minimum absolute atomic E-state index is 0.109. The number of aromatic amines is 1. The highest BCUT2D eigenvalue weighted by Crippen LogP contribution is 2.37. The molecule has 1 atom stereocenters. The predicted octanol–water partition coefficient (Wildman–Crippen LogP) is 2.38. The zero-order chi connectivity index (χ0) is 22.6. The van der Waals surface area contributed by atoms with Gasteiger partial charge < -0.3 is 15.5 Å². The van der Waals surface area contributed by atoms with Crippen LogP contribution in [0.15, 0.2) is 43.1 Å². The molecule has 2 aromatic carbocycles. The molecule has 0 bridgehead atoms. The number of aryl methyl sites for hydroxylation is 1. The molecule has 3 amide bonds. The van der Waals surface area contributed by atoms with Crippen molar-refractivity contribution in [2.24, 2.45) is 5.73 Å². The lowest BCUT2D eigenvalue weighted by molar-refractivity contribution is -0.125. The van der Waals surface area contributed by atoms with Crippen LogP contribution in [0.4, 0.5) is 0 Å². The van der Waals surface area contributed by atoms with Gasteiger partial charge in [-0.15, -0.1) is 0 Å². The summed E-state index contributed by atoms with van der Waals surface area (Å²) in [5, 5.41) is 8.01. The fourth-order valence-electron chi connectivity index (χ4n) is 4.92. The minimum atomic E-state index is -0.565. The van der Waals surface area contributed by atoms with Crippen molar-refractivity contribution in [3.05, 3.63) is 65.4 Å². The summed E-state index contributed by atoms with van der Waals surface area (Å²) >= 11 is 0. The van der Waals surface area contributed by atoms with Crippen LogP contribution in [-0.4, -0.2) is 56.9 Å². The van der Waals surface area contributed by atoms with E-state index in [-0.39, 0.29) is 17.9 Å². The van der Waals surface area contributed by atoms with E-state index >= 15 is 0 Å². The fraction of sp³-hybridized carbons (Fsp3) is 0.250. The van der Waals surface area contributed by atoms with Crippen molar-refractivity contribution in [3.63, 3.8) is 0 Å². The summed E-state index contributed by atoms with van der Waals surface area (Å²) in [6.07, 6.45) is 3.72. The van der Waals surface area contributed by atoms with Gasteiger partial charge in [0.25, 0.3) is 5.91 Å². The molecule has 1 saturated heterocycles. The van der Waals surface area contributed by atoms with E-state index in [1.165, 1.54) is 6.08 Å². The van der Waals surface area contributed by atoms with Gasteiger partial charge in [-0.3, -0.25) is 19.5 Å². The summed E-state index contributed by atoms with van der Waals surface area (Å²) in [6, 6.07) is 7.44. The van der Waals surface area contributed by atoms with Gasteiger partial charge in [-0.05, 0) is 59.9 Å². The number of carbonyl (C=O) groups is 3. The average molecular weight is 429 g/mol. The maximum Gasteiger partial charge on any atom is 0.254 e. The van der Waals surface area contributed by atoms with E-state index in [2.05, 4.69) is 16.8 Å². The zero-order valence-electron chi connectivity index (χ0n) is 17.7. The number of primary amides is 1. The largest absolute Gasteiger partial charge is 0.366 e. The number of H-pyrrole nitrogens is 1. The van der Waals surface area contributed by atoms with Crippen molar-refractivity contribution in [2.45, 2.75) is 25.9 Å². The first-order chi connectivity index (χ1) is 15.4. The van der Waals surface area contributed by atoms with Gasteiger partial charge in [-0.2, -0.15) is 5.10 Å². The number of nitrogens with two attached hydrogens (primary N) is 1. The Morgan fingerprint density at radius 2 is 2.12 bits per heavy atom. The Morgan fingerprint density at radius 3 is 2.88 bits per heavy atom. The second kappa shape index (κ2) is 7.33. The lowest BCUT2D eigenvalue weighted by Crippen LogP contribution is -2.38. The first-order valence-electron chi connectivity index (χ1n) is 10.5. The molecule has 0 radical (unpaired) electrons. The molecule has 3 heterocycles. The lowest BCUT2D eigenvalue weighted by Gasteiger charge is -2.24. The number of fused-ring (bicyclic) bond motifs is 2. The Kier molecular flexibility index (Phi) is 4.58. The number of likely N-dealkylation sites (tertiary alicyclic amines) is 1. The van der Waals surface area contributed by atoms with Crippen molar-refractivity contribution in [1.29, 1.82) is 0 Å². The van der Waals surface area contributed by atoms with Crippen LogP contribution in [0.2, 0.25) is 0 Å². The van der Waals surface area contributed by atoms with Gasteiger partial charge in [0.15, 0.2) is 0 Å². The molecule has 32 heavy (non-hydrogen) atoms. The van der Waals surface area contributed by atoms with E-state index in [9.17, 15) is 14.4 Å². The predicted molar refractivity (Wildman–Crippen MR) is 120 cm³/mol. The normalized spacial score (nSPS) is 17.8. The summed E-state index contributed by atoms with van der Waals surface area (Å²) in [5.41, 5.74) is 10.8. The Bertz CT molecular complexity index is 1310. The van der Waals surface area contributed by atoms with Crippen molar-refractivity contribution in [2.75, 3.05) is 13.1 Å². The van der Waals surface area contributed by atoms with Crippen LogP contribution in [0, 0.1) is 6.92 Å². The fourth-order valence-corrected chi connectivity index (χ4v) is 4.92. The van der Waals surface area contributed by atoms with Crippen molar-refractivity contribution >= 4 is 28.6 Å². The quantitative estimate of drug-likeness (QED) is 0.620. The van der Waals surface area contributed by atoms with Gasteiger partial charge in [0.1, 0.15) is 0 Å². The molecule has 3 aromatic rings. The molecular formula is C24H23N5O3. The number of nitrogens with zero attached hydrogens (tertiary/aromatic N) is 3. The summed E-state index contributed by atoms with van der Waals surface area (Å²) in [4.78, 5) is 41.2. The van der Waals surface area contributed by atoms with Crippen LogP contribution in [0.25, 0.3) is 22.0 Å². The highest BCUT2D eigenvalue weighted by atomic mass is 16.2. The van der Waals surface area contributed by atoms with Crippen LogP contribution in [-0.2, 0) is 11.3 Å². The molecule has 8 nitrogen and oxygen atoms in total. The summed E-state index contributed by atoms with van der Waals surface area (Å²) in [6.45, 7) is 6.86. The zero-order valence-corrected chi connectivity index (χ0v) is 17.7. The van der Waals surface area contributed by atoms with E-state index in [0.717, 1.165) is 27.6 Å². The molecule has 1 unspecified atom stereocenters. The average Bonchev–Trinajstić information content (AvgIpc) is 3.51. The van der Waals surface area contributed by atoms with E-state index in [1.807, 2.05) is 25.1 Å². The van der Waals surface area contributed by atoms with Crippen LogP contribution < -0.4 is 5.73 Å². The maximum absolute atomic E-state index is 13.4. The highest BCUT2D eigenvalue weighted by Gasteiger charge is 2.39. The number of benzene rings is 2. The van der Waals surface area contributed by atoms with Gasteiger partial charge >= 0.3 is 0 Å². The van der Waals surface area contributed by atoms with Crippen molar-refractivity contribution < 1.29 is 14.4 Å². The molecule has 0 spiro atoms. The van der Waals surface area contributed by atoms with Crippen molar-refractivity contribution in [3.8, 4) is 11.1 Å². The van der Waals surface area contributed by atoms with Gasteiger partial charge in [0, 0.05) is 36.1 Å². The minimum Gasteiger partial charge on any atom is -0.366 e. The first-order valence-corrected chi connectivity index (χ1v) is 10.5. The SMILES string of the molecule is C=CC(=O)N1CCC(N2Cc3c(C(N)=O)cc(-c4c(C)ccc5[nH]ncc45)cc3C2=O)C1. The van der Waals surface area contributed by atoms with Crippen LogP contribution in [0.5, 0.6) is 0 Å². The maximum atomic E-state index is 13.4. The molecule has 0 saturated carbocycles. The smallest absolute Gasteiger partial charge is 0.254 e. The third-order valence-electron chi connectivity index (χ3n) is 6.55. The highest BCUT2D eigenvalue weighted by molar-refractivity contribution is 6.07. The number of aromatic nitrogens is 2. The molecule has 162 valence electrons. The Labute approximate surface area is 184 Å². The molecule has 8 heteroatoms. The van der Waals surface area contributed by atoms with Gasteiger partial charge in [0.2, 0.25) is 11.8 Å².